The van der Waals surface area contributed by atoms with E-state index in [0.717, 1.165) is 23.4 Å². The smallest absolute Gasteiger partial charge is 0.278 e. The number of pyridine rings is 1. The van der Waals surface area contributed by atoms with Crippen LogP contribution in [0.15, 0.2) is 41.4 Å². The molecule has 0 saturated heterocycles. The molecule has 136 valence electrons. The minimum atomic E-state index is -0.427. The fourth-order valence-electron chi connectivity index (χ4n) is 2.42. The van der Waals surface area contributed by atoms with Crippen LogP contribution in [0.3, 0.4) is 0 Å². The Labute approximate surface area is 155 Å². The van der Waals surface area contributed by atoms with E-state index in [1.54, 1.807) is 17.8 Å². The molecule has 8 heteroatoms. The van der Waals surface area contributed by atoms with Crippen LogP contribution in [0.25, 0.3) is 0 Å². The summed E-state index contributed by atoms with van der Waals surface area (Å²) >= 11 is 1.59. The number of anilines is 3. The Morgan fingerprint density at radius 2 is 2.00 bits per heavy atom. The second-order valence-electron chi connectivity index (χ2n) is 5.84. The lowest BCUT2D eigenvalue weighted by molar-refractivity contribution is -0.117. The summed E-state index contributed by atoms with van der Waals surface area (Å²) in [5, 5.41) is 6.06. The highest BCUT2D eigenvalue weighted by Crippen LogP contribution is 2.32. The number of carbonyl (C=O) groups excluding carboxylic acids is 2. The molecule has 0 unspecified atom stereocenters. The van der Waals surface area contributed by atoms with Crippen molar-refractivity contribution in [3.05, 3.63) is 42.1 Å². The molecular formula is C18H20N4O3S. The summed E-state index contributed by atoms with van der Waals surface area (Å²) < 4.78 is 0. The van der Waals surface area contributed by atoms with Crippen LogP contribution in [-0.4, -0.2) is 30.2 Å². The number of thioether (sulfide) groups is 1. The predicted molar refractivity (Wildman–Crippen MR) is 102 cm³/mol. The van der Waals surface area contributed by atoms with E-state index in [2.05, 4.69) is 21.1 Å². The molecule has 2 aromatic rings. The van der Waals surface area contributed by atoms with Crippen LogP contribution in [0.4, 0.5) is 17.2 Å². The van der Waals surface area contributed by atoms with Gasteiger partial charge in [-0.3, -0.25) is 14.4 Å². The molecular weight excluding hydrogens is 352 g/mol. The molecule has 1 aliphatic rings. The summed E-state index contributed by atoms with van der Waals surface area (Å²) in [4.78, 5) is 34.2. The van der Waals surface area contributed by atoms with Crippen LogP contribution >= 0.6 is 11.8 Å². The van der Waals surface area contributed by atoms with Crippen molar-refractivity contribution in [1.82, 2.24) is 10.5 Å². The summed E-state index contributed by atoms with van der Waals surface area (Å²) in [5.74, 6) is 0.00755. The zero-order valence-electron chi connectivity index (χ0n) is 14.5. The van der Waals surface area contributed by atoms with Crippen molar-refractivity contribution in [3.63, 3.8) is 0 Å². The summed E-state index contributed by atoms with van der Waals surface area (Å²) in [7, 11) is 1.37. The Morgan fingerprint density at radius 1 is 1.23 bits per heavy atom. The van der Waals surface area contributed by atoms with E-state index in [0.29, 0.717) is 17.1 Å². The number of carbonyl (C=O) groups is 2. The second kappa shape index (κ2) is 8.20. The highest BCUT2D eigenvalue weighted by Gasteiger charge is 2.30. The van der Waals surface area contributed by atoms with Crippen LogP contribution in [0.5, 0.6) is 0 Å². The van der Waals surface area contributed by atoms with Crippen LogP contribution in [-0.2, 0) is 9.63 Å². The minimum absolute atomic E-state index is 0.0398. The molecule has 1 fully saturated rings. The van der Waals surface area contributed by atoms with Crippen molar-refractivity contribution in [3.8, 4) is 0 Å². The Kier molecular flexibility index (Phi) is 5.75. The van der Waals surface area contributed by atoms with Gasteiger partial charge in [0.2, 0.25) is 5.91 Å². The lowest BCUT2D eigenvalue weighted by atomic mass is 10.2. The number of amides is 2. The van der Waals surface area contributed by atoms with Gasteiger partial charge in [-0.15, -0.1) is 11.8 Å². The number of nitrogens with zero attached hydrogens (tertiary/aromatic N) is 1. The summed E-state index contributed by atoms with van der Waals surface area (Å²) in [6.07, 6.45) is 5.21. The second-order valence-corrected chi connectivity index (χ2v) is 6.69. The first kappa shape index (κ1) is 18.2. The molecule has 1 aromatic carbocycles. The molecule has 0 aliphatic heterocycles. The molecule has 0 bridgehead atoms. The Morgan fingerprint density at radius 3 is 2.69 bits per heavy atom. The van der Waals surface area contributed by atoms with Crippen LogP contribution in [0, 0.1) is 5.92 Å². The molecule has 1 aromatic heterocycles. The number of hydrogen-bond acceptors (Lipinski definition) is 6. The monoisotopic (exact) mass is 372 g/mol. The standard InChI is InChI=1S/C18H20N4O3S/c1-25-22-18(24)12-10-19-16(21-17(23)11-7-8-11)9-14(12)20-13-5-3-4-6-15(13)26-2/h3-6,9-11H,7-8H2,1-2H3,(H,22,24)(H2,19,20,21,23). The molecule has 1 aliphatic carbocycles. The average Bonchev–Trinajstić information content (AvgIpc) is 3.48. The van der Waals surface area contributed by atoms with Gasteiger partial charge >= 0.3 is 0 Å². The third-order valence-electron chi connectivity index (χ3n) is 3.92. The van der Waals surface area contributed by atoms with Crippen LogP contribution < -0.4 is 16.1 Å². The van der Waals surface area contributed by atoms with Gasteiger partial charge in [0.1, 0.15) is 5.82 Å². The highest BCUT2D eigenvalue weighted by atomic mass is 32.2. The lowest BCUT2D eigenvalue weighted by Crippen LogP contribution is -2.23. The van der Waals surface area contributed by atoms with E-state index in [1.165, 1.54) is 13.3 Å². The van der Waals surface area contributed by atoms with Gasteiger partial charge in [-0.25, -0.2) is 10.5 Å². The molecule has 0 radical (unpaired) electrons. The Balaban J connectivity index is 1.92. The number of benzene rings is 1. The summed E-state index contributed by atoms with van der Waals surface area (Å²) in [6, 6.07) is 9.42. The predicted octanol–water partition coefficient (Wildman–Crippen LogP) is 3.19. The molecule has 0 atom stereocenters. The first-order valence-electron chi connectivity index (χ1n) is 8.16. The summed E-state index contributed by atoms with van der Waals surface area (Å²) in [5.41, 5.74) is 3.99. The Hall–Kier alpha value is -2.58. The molecule has 1 saturated carbocycles. The number of aromatic nitrogens is 1. The van der Waals surface area contributed by atoms with E-state index in [-0.39, 0.29) is 11.8 Å². The van der Waals surface area contributed by atoms with Crippen molar-refractivity contribution in [2.45, 2.75) is 17.7 Å². The first-order chi connectivity index (χ1) is 12.6. The molecule has 3 N–H and O–H groups in total. The number of nitrogens with one attached hydrogen (secondary N) is 3. The van der Waals surface area contributed by atoms with E-state index < -0.39 is 5.91 Å². The zero-order chi connectivity index (χ0) is 18.5. The maximum Gasteiger partial charge on any atom is 0.278 e. The van der Waals surface area contributed by atoms with Gasteiger partial charge in [0.05, 0.1) is 24.0 Å². The molecule has 26 heavy (non-hydrogen) atoms. The van der Waals surface area contributed by atoms with Gasteiger partial charge in [0.15, 0.2) is 0 Å². The van der Waals surface area contributed by atoms with Crippen molar-refractivity contribution in [2.24, 2.45) is 5.92 Å². The highest BCUT2D eigenvalue weighted by molar-refractivity contribution is 7.98. The van der Waals surface area contributed by atoms with E-state index in [1.807, 2.05) is 30.5 Å². The quantitative estimate of drug-likeness (QED) is 0.511. The summed E-state index contributed by atoms with van der Waals surface area (Å²) in [6.45, 7) is 0. The number of para-hydroxylation sites is 1. The lowest BCUT2D eigenvalue weighted by Gasteiger charge is -2.15. The fraction of sp³-hybridized carbons (Fsp3) is 0.278. The number of rotatable bonds is 7. The van der Waals surface area contributed by atoms with Crippen molar-refractivity contribution in [1.29, 1.82) is 0 Å². The van der Waals surface area contributed by atoms with Crippen LogP contribution in [0.2, 0.25) is 0 Å². The number of hydroxylamine groups is 1. The maximum atomic E-state index is 12.3. The molecule has 7 nitrogen and oxygen atoms in total. The number of hydrogen-bond donors (Lipinski definition) is 3. The van der Waals surface area contributed by atoms with Gasteiger partial charge in [-0.05, 0) is 31.2 Å². The van der Waals surface area contributed by atoms with Crippen molar-refractivity contribution in [2.75, 3.05) is 24.0 Å². The van der Waals surface area contributed by atoms with Crippen molar-refractivity contribution < 1.29 is 14.4 Å². The van der Waals surface area contributed by atoms with Gasteiger partial charge in [-0.2, -0.15) is 0 Å². The normalized spacial score (nSPS) is 13.2. The van der Waals surface area contributed by atoms with Gasteiger partial charge in [0.25, 0.3) is 5.91 Å². The maximum absolute atomic E-state index is 12.3. The van der Waals surface area contributed by atoms with Gasteiger partial charge < -0.3 is 10.6 Å². The van der Waals surface area contributed by atoms with Gasteiger partial charge in [0, 0.05) is 23.1 Å². The van der Waals surface area contributed by atoms with Gasteiger partial charge in [-0.1, -0.05) is 12.1 Å². The largest absolute Gasteiger partial charge is 0.354 e. The van der Waals surface area contributed by atoms with Crippen LogP contribution in [0.1, 0.15) is 23.2 Å². The molecule has 1 heterocycles. The van der Waals surface area contributed by atoms with Crippen molar-refractivity contribution >= 4 is 40.8 Å². The van der Waals surface area contributed by atoms with E-state index >= 15 is 0 Å². The zero-order valence-corrected chi connectivity index (χ0v) is 15.4. The molecule has 3 rings (SSSR count). The third kappa shape index (κ3) is 4.33. The van der Waals surface area contributed by atoms with E-state index in [4.69, 9.17) is 4.84 Å². The SMILES string of the molecule is CONC(=O)c1cnc(NC(=O)C2CC2)cc1Nc1ccccc1SC. The fourth-order valence-corrected chi connectivity index (χ4v) is 2.98. The minimum Gasteiger partial charge on any atom is -0.354 e. The molecule has 0 spiro atoms. The van der Waals surface area contributed by atoms with E-state index in [9.17, 15) is 9.59 Å². The molecule has 2 amide bonds. The first-order valence-corrected chi connectivity index (χ1v) is 9.39. The average molecular weight is 372 g/mol. The third-order valence-corrected chi connectivity index (χ3v) is 4.71. The topological polar surface area (TPSA) is 92.3 Å². The Bertz CT molecular complexity index is 824.